The molecule has 0 saturated carbocycles. The normalized spacial score (nSPS) is 12.6. The Bertz CT molecular complexity index is 302. The number of anilines is 1. The van der Waals surface area contributed by atoms with Gasteiger partial charge in [0.1, 0.15) is 0 Å². The molecule has 0 aliphatic rings. The average molecular weight is 210 g/mol. The fourth-order valence-electron chi connectivity index (χ4n) is 1.09. The zero-order valence-corrected chi connectivity index (χ0v) is 9.40. The second kappa shape index (κ2) is 5.56. The number of hydrogen-bond acceptors (Lipinski definition) is 4. The van der Waals surface area contributed by atoms with Gasteiger partial charge in [-0.3, -0.25) is 0 Å². The maximum Gasteiger partial charge on any atom is 0.214 e. The molecule has 4 heteroatoms. The monoisotopic (exact) mass is 210 g/mol. The second-order valence-corrected chi connectivity index (χ2v) is 3.78. The minimum Gasteiger partial charge on any atom is -0.481 e. The van der Waals surface area contributed by atoms with Crippen molar-refractivity contribution in [1.29, 1.82) is 0 Å². The summed E-state index contributed by atoms with van der Waals surface area (Å²) in [5, 5.41) is 12.7. The SMILES string of the molecule is COc1cc(NCC(O)C(C)C)ccn1. The second-order valence-electron chi connectivity index (χ2n) is 3.78. The highest BCUT2D eigenvalue weighted by Gasteiger charge is 2.08. The van der Waals surface area contributed by atoms with Gasteiger partial charge in [-0.05, 0) is 12.0 Å². The van der Waals surface area contributed by atoms with E-state index in [1.807, 2.05) is 19.9 Å². The summed E-state index contributed by atoms with van der Waals surface area (Å²) in [5.41, 5.74) is 0.904. The summed E-state index contributed by atoms with van der Waals surface area (Å²) in [6.45, 7) is 4.50. The van der Waals surface area contributed by atoms with E-state index in [0.29, 0.717) is 12.4 Å². The van der Waals surface area contributed by atoms with Crippen molar-refractivity contribution in [3.63, 3.8) is 0 Å². The molecular formula is C11H18N2O2. The molecule has 2 N–H and O–H groups in total. The molecule has 1 aromatic heterocycles. The Morgan fingerprint density at radius 2 is 2.27 bits per heavy atom. The van der Waals surface area contributed by atoms with Crippen LogP contribution >= 0.6 is 0 Å². The maximum atomic E-state index is 9.60. The van der Waals surface area contributed by atoms with Crippen LogP contribution in [0.4, 0.5) is 5.69 Å². The molecular weight excluding hydrogens is 192 g/mol. The van der Waals surface area contributed by atoms with Crippen molar-refractivity contribution in [3.8, 4) is 5.88 Å². The van der Waals surface area contributed by atoms with Crippen molar-refractivity contribution in [1.82, 2.24) is 4.98 Å². The molecule has 0 aliphatic heterocycles. The minimum absolute atomic E-state index is 0.251. The third kappa shape index (κ3) is 3.75. The number of nitrogens with one attached hydrogen (secondary N) is 1. The molecule has 1 atom stereocenters. The van der Waals surface area contributed by atoms with Crippen molar-refractivity contribution in [3.05, 3.63) is 18.3 Å². The lowest BCUT2D eigenvalue weighted by molar-refractivity contribution is 0.138. The number of rotatable bonds is 5. The smallest absolute Gasteiger partial charge is 0.214 e. The lowest BCUT2D eigenvalue weighted by atomic mass is 10.1. The quantitative estimate of drug-likeness (QED) is 0.773. The lowest BCUT2D eigenvalue weighted by Crippen LogP contribution is -2.24. The van der Waals surface area contributed by atoms with E-state index in [0.717, 1.165) is 5.69 Å². The molecule has 0 amide bonds. The standard InChI is InChI=1S/C11H18N2O2/c1-8(2)10(14)7-13-9-4-5-12-11(6-9)15-3/h4-6,8,10,14H,7H2,1-3H3,(H,12,13). The first-order chi connectivity index (χ1) is 7.13. The van der Waals surface area contributed by atoms with Gasteiger partial charge in [0.15, 0.2) is 0 Å². The summed E-state index contributed by atoms with van der Waals surface area (Å²) in [5.74, 6) is 0.820. The van der Waals surface area contributed by atoms with Gasteiger partial charge in [0.2, 0.25) is 5.88 Å². The Balaban J connectivity index is 2.50. The summed E-state index contributed by atoms with van der Waals surface area (Å²) in [6.07, 6.45) is 1.33. The van der Waals surface area contributed by atoms with Crippen LogP contribution in [0.25, 0.3) is 0 Å². The van der Waals surface area contributed by atoms with Gasteiger partial charge in [-0.2, -0.15) is 0 Å². The number of ether oxygens (including phenoxy) is 1. The van der Waals surface area contributed by atoms with Crippen LogP contribution < -0.4 is 10.1 Å². The molecule has 4 nitrogen and oxygen atoms in total. The summed E-state index contributed by atoms with van der Waals surface area (Å²) < 4.78 is 5.00. The van der Waals surface area contributed by atoms with Crippen LogP contribution in [0.15, 0.2) is 18.3 Å². The molecule has 1 unspecified atom stereocenters. The predicted molar refractivity (Wildman–Crippen MR) is 60.1 cm³/mol. The van der Waals surface area contributed by atoms with Gasteiger partial charge < -0.3 is 15.2 Å². The molecule has 0 bridgehead atoms. The van der Waals surface area contributed by atoms with Crippen LogP contribution in [-0.2, 0) is 0 Å². The Kier molecular flexibility index (Phi) is 4.37. The van der Waals surface area contributed by atoms with Gasteiger partial charge in [-0.25, -0.2) is 4.98 Å². The van der Waals surface area contributed by atoms with E-state index in [9.17, 15) is 5.11 Å². The Hall–Kier alpha value is -1.29. The lowest BCUT2D eigenvalue weighted by Gasteiger charge is -2.15. The third-order valence-electron chi connectivity index (χ3n) is 2.23. The van der Waals surface area contributed by atoms with Crippen molar-refractivity contribution in [2.24, 2.45) is 5.92 Å². The molecule has 0 radical (unpaired) electrons. The molecule has 0 saturated heterocycles. The highest BCUT2D eigenvalue weighted by molar-refractivity contribution is 5.44. The van der Waals surface area contributed by atoms with Crippen molar-refractivity contribution in [2.75, 3.05) is 19.0 Å². The molecule has 0 spiro atoms. The number of methoxy groups -OCH3 is 1. The van der Waals surface area contributed by atoms with E-state index in [2.05, 4.69) is 10.3 Å². The van der Waals surface area contributed by atoms with Gasteiger partial charge in [0.25, 0.3) is 0 Å². The molecule has 84 valence electrons. The number of hydrogen-bond donors (Lipinski definition) is 2. The first kappa shape index (κ1) is 11.8. The van der Waals surface area contributed by atoms with E-state index in [1.54, 1.807) is 19.4 Å². The van der Waals surface area contributed by atoms with Crippen molar-refractivity contribution < 1.29 is 9.84 Å². The molecule has 15 heavy (non-hydrogen) atoms. The van der Waals surface area contributed by atoms with Crippen LogP contribution in [0, 0.1) is 5.92 Å². The van der Waals surface area contributed by atoms with Crippen LogP contribution in [0.3, 0.4) is 0 Å². The largest absolute Gasteiger partial charge is 0.481 e. The average Bonchev–Trinajstić information content (AvgIpc) is 2.26. The van der Waals surface area contributed by atoms with Crippen LogP contribution in [0.1, 0.15) is 13.8 Å². The number of nitrogens with zero attached hydrogens (tertiary/aromatic N) is 1. The Morgan fingerprint density at radius 1 is 1.53 bits per heavy atom. The summed E-state index contributed by atoms with van der Waals surface area (Å²) in [4.78, 5) is 4.00. The van der Waals surface area contributed by atoms with Crippen LogP contribution in [0.5, 0.6) is 5.88 Å². The summed E-state index contributed by atoms with van der Waals surface area (Å²) in [7, 11) is 1.58. The van der Waals surface area contributed by atoms with Crippen LogP contribution in [0.2, 0.25) is 0 Å². The first-order valence-corrected chi connectivity index (χ1v) is 5.05. The Morgan fingerprint density at radius 3 is 2.87 bits per heavy atom. The highest BCUT2D eigenvalue weighted by Crippen LogP contribution is 2.13. The predicted octanol–water partition coefficient (Wildman–Crippen LogP) is 1.52. The van der Waals surface area contributed by atoms with Gasteiger partial charge in [0, 0.05) is 24.5 Å². The first-order valence-electron chi connectivity index (χ1n) is 5.05. The molecule has 1 aromatic rings. The number of aliphatic hydroxyl groups is 1. The van der Waals surface area contributed by atoms with E-state index in [4.69, 9.17) is 4.74 Å². The Labute approximate surface area is 90.3 Å². The molecule has 0 fully saturated rings. The summed E-state index contributed by atoms with van der Waals surface area (Å²) >= 11 is 0. The van der Waals surface area contributed by atoms with E-state index >= 15 is 0 Å². The molecule has 1 rings (SSSR count). The van der Waals surface area contributed by atoms with Gasteiger partial charge in [-0.1, -0.05) is 13.8 Å². The van der Waals surface area contributed by atoms with Crippen molar-refractivity contribution in [2.45, 2.75) is 20.0 Å². The fourth-order valence-corrected chi connectivity index (χ4v) is 1.09. The minimum atomic E-state index is -0.343. The van der Waals surface area contributed by atoms with Crippen molar-refractivity contribution >= 4 is 5.69 Å². The molecule has 0 aromatic carbocycles. The van der Waals surface area contributed by atoms with Gasteiger partial charge in [0.05, 0.1) is 13.2 Å². The van der Waals surface area contributed by atoms with Gasteiger partial charge in [-0.15, -0.1) is 0 Å². The fraction of sp³-hybridized carbons (Fsp3) is 0.545. The van der Waals surface area contributed by atoms with Gasteiger partial charge >= 0.3 is 0 Å². The van der Waals surface area contributed by atoms with E-state index < -0.39 is 0 Å². The van der Waals surface area contributed by atoms with Crippen LogP contribution in [-0.4, -0.2) is 29.8 Å². The van der Waals surface area contributed by atoms with E-state index in [-0.39, 0.29) is 12.0 Å². The molecule has 1 heterocycles. The van der Waals surface area contributed by atoms with E-state index in [1.165, 1.54) is 0 Å². The zero-order chi connectivity index (χ0) is 11.3. The number of aliphatic hydroxyl groups excluding tert-OH is 1. The molecule has 0 aliphatic carbocycles. The summed E-state index contributed by atoms with van der Waals surface area (Å²) in [6, 6.07) is 3.64. The number of pyridine rings is 1. The topological polar surface area (TPSA) is 54.4 Å². The third-order valence-corrected chi connectivity index (χ3v) is 2.23. The zero-order valence-electron chi connectivity index (χ0n) is 9.40. The number of aromatic nitrogens is 1. The maximum absolute atomic E-state index is 9.60. The highest BCUT2D eigenvalue weighted by atomic mass is 16.5.